The maximum Gasteiger partial charge on any atom is 0.271 e. The Morgan fingerprint density at radius 1 is 1.36 bits per heavy atom. The van der Waals surface area contributed by atoms with Crippen molar-refractivity contribution in [2.24, 2.45) is 17.4 Å². The SMILES string of the molecule is CO[n+]1cc(C)cc(Nc2nc(N[C@H](CC3CC3)C(N)=O)cnc2C(N)=O)c1. The van der Waals surface area contributed by atoms with E-state index in [0.717, 1.165) is 18.4 Å². The lowest BCUT2D eigenvalue weighted by Gasteiger charge is -2.17. The Bertz CT molecular complexity index is 899. The lowest BCUT2D eigenvalue weighted by molar-refractivity contribution is -0.885. The first-order chi connectivity index (χ1) is 13.4. The average Bonchev–Trinajstić information content (AvgIpc) is 3.44. The van der Waals surface area contributed by atoms with E-state index >= 15 is 0 Å². The van der Waals surface area contributed by atoms with Gasteiger partial charge in [-0.2, -0.15) is 0 Å². The molecule has 0 unspecified atom stereocenters. The molecule has 1 aliphatic carbocycles. The molecule has 0 radical (unpaired) electrons. The zero-order valence-electron chi connectivity index (χ0n) is 15.8. The standard InChI is InChI=1S/C18H23N7O3/c1-10-5-12(9-25(8-10)28-2)22-18-15(17(20)27)21-7-14(24-18)23-13(16(19)26)6-11-3-4-11/h5,7-9,11,13H,3-4,6H2,1-2H3,(H5-,19,20,22,23,24,26,27)/p+1/t13-/m1/s1. The minimum atomic E-state index is -0.724. The molecule has 3 rings (SSSR count). The second-order valence-electron chi connectivity index (χ2n) is 6.86. The Morgan fingerprint density at radius 3 is 2.71 bits per heavy atom. The van der Waals surface area contributed by atoms with Gasteiger partial charge in [-0.3, -0.25) is 14.4 Å². The van der Waals surface area contributed by atoms with Crippen LogP contribution in [0.2, 0.25) is 0 Å². The third kappa shape index (κ3) is 4.84. The van der Waals surface area contributed by atoms with Crippen molar-refractivity contribution in [2.45, 2.75) is 32.2 Å². The van der Waals surface area contributed by atoms with Gasteiger partial charge >= 0.3 is 0 Å². The van der Waals surface area contributed by atoms with Gasteiger partial charge in [0.25, 0.3) is 5.91 Å². The number of hydrogen-bond acceptors (Lipinski definition) is 7. The summed E-state index contributed by atoms with van der Waals surface area (Å²) in [7, 11) is 1.53. The Kier molecular flexibility index (Phi) is 5.57. The summed E-state index contributed by atoms with van der Waals surface area (Å²) in [6.07, 6.45) is 7.66. The lowest BCUT2D eigenvalue weighted by Crippen LogP contribution is -2.40. The van der Waals surface area contributed by atoms with Crippen LogP contribution in [0.5, 0.6) is 0 Å². The van der Waals surface area contributed by atoms with Crippen molar-refractivity contribution >= 4 is 29.1 Å². The topological polar surface area (TPSA) is 149 Å². The molecule has 2 heterocycles. The normalized spacial score (nSPS) is 14.2. The molecule has 10 nitrogen and oxygen atoms in total. The Labute approximate surface area is 162 Å². The monoisotopic (exact) mass is 386 g/mol. The van der Waals surface area contributed by atoms with E-state index in [2.05, 4.69) is 20.6 Å². The number of primary amides is 2. The Hall–Kier alpha value is -3.43. The fourth-order valence-electron chi connectivity index (χ4n) is 2.84. The molecule has 28 heavy (non-hydrogen) atoms. The Balaban J connectivity index is 1.88. The van der Waals surface area contributed by atoms with Crippen LogP contribution in [-0.4, -0.2) is 34.9 Å². The molecule has 10 heteroatoms. The number of carbonyl (C=O) groups is 2. The maximum absolute atomic E-state index is 11.8. The van der Waals surface area contributed by atoms with E-state index in [1.54, 1.807) is 12.4 Å². The van der Waals surface area contributed by atoms with Gasteiger partial charge in [-0.15, -0.1) is 0 Å². The average molecular weight is 386 g/mol. The predicted octanol–water partition coefficient (Wildman–Crippen LogP) is 0.0393. The van der Waals surface area contributed by atoms with E-state index in [0.29, 0.717) is 23.8 Å². The van der Waals surface area contributed by atoms with E-state index in [1.807, 2.05) is 13.0 Å². The van der Waals surface area contributed by atoms with Crippen LogP contribution in [0.1, 0.15) is 35.3 Å². The molecule has 148 valence electrons. The van der Waals surface area contributed by atoms with Gasteiger partial charge in [0.15, 0.2) is 11.5 Å². The predicted molar refractivity (Wildman–Crippen MR) is 102 cm³/mol. The number of anilines is 3. The van der Waals surface area contributed by atoms with Gasteiger partial charge in [-0.1, -0.05) is 12.8 Å². The van der Waals surface area contributed by atoms with E-state index in [1.165, 1.54) is 18.0 Å². The largest absolute Gasteiger partial charge is 0.368 e. The Morgan fingerprint density at radius 2 is 2.11 bits per heavy atom. The van der Waals surface area contributed by atoms with Gasteiger partial charge in [0.2, 0.25) is 18.3 Å². The van der Waals surface area contributed by atoms with Gasteiger partial charge in [-0.25, -0.2) is 9.97 Å². The lowest BCUT2D eigenvalue weighted by atomic mass is 10.1. The fraction of sp³-hybridized carbons (Fsp3) is 0.389. The molecule has 1 aliphatic rings. The minimum absolute atomic E-state index is 0.0196. The highest BCUT2D eigenvalue weighted by molar-refractivity contribution is 5.96. The first-order valence-corrected chi connectivity index (χ1v) is 8.93. The summed E-state index contributed by atoms with van der Waals surface area (Å²) in [5.41, 5.74) is 12.4. The number of carbonyl (C=O) groups excluding carboxylic acids is 2. The van der Waals surface area contributed by atoms with Crippen molar-refractivity contribution in [3.05, 3.63) is 35.9 Å². The molecule has 2 aromatic rings. The molecule has 1 saturated carbocycles. The van der Waals surface area contributed by atoms with Gasteiger partial charge in [0, 0.05) is 10.3 Å². The van der Waals surface area contributed by atoms with Gasteiger partial charge in [-0.05, 0) is 25.3 Å². The van der Waals surface area contributed by atoms with Crippen LogP contribution in [0.25, 0.3) is 0 Å². The number of rotatable bonds is 9. The number of aromatic nitrogens is 3. The first kappa shape index (κ1) is 19.3. The summed E-state index contributed by atoms with van der Waals surface area (Å²) < 4.78 is 1.51. The number of nitrogens with two attached hydrogens (primary N) is 2. The summed E-state index contributed by atoms with van der Waals surface area (Å²) in [5, 5.41) is 6.04. The highest BCUT2D eigenvalue weighted by Crippen LogP contribution is 2.34. The van der Waals surface area contributed by atoms with Crippen LogP contribution in [-0.2, 0) is 4.79 Å². The van der Waals surface area contributed by atoms with E-state index in [9.17, 15) is 9.59 Å². The summed E-state index contributed by atoms with van der Waals surface area (Å²) in [6, 6.07) is 1.30. The third-order valence-corrected chi connectivity index (χ3v) is 4.39. The highest BCUT2D eigenvalue weighted by atomic mass is 16.6. The van der Waals surface area contributed by atoms with E-state index in [-0.39, 0.29) is 11.5 Å². The molecule has 1 atom stereocenters. The smallest absolute Gasteiger partial charge is 0.271 e. The summed E-state index contributed by atoms with van der Waals surface area (Å²) >= 11 is 0. The second-order valence-corrected chi connectivity index (χ2v) is 6.86. The summed E-state index contributed by atoms with van der Waals surface area (Å²) in [6.45, 7) is 1.90. The van der Waals surface area contributed by atoms with Crippen LogP contribution >= 0.6 is 0 Å². The van der Waals surface area contributed by atoms with Crippen molar-refractivity contribution in [2.75, 3.05) is 17.7 Å². The van der Waals surface area contributed by atoms with Gasteiger partial charge in [0.1, 0.15) is 24.7 Å². The molecule has 0 aromatic carbocycles. The summed E-state index contributed by atoms with van der Waals surface area (Å²) in [5.74, 6) is -0.192. The number of amides is 2. The summed E-state index contributed by atoms with van der Waals surface area (Å²) in [4.78, 5) is 37.1. The molecule has 0 spiro atoms. The van der Waals surface area contributed by atoms with Crippen LogP contribution in [0.4, 0.5) is 17.3 Å². The van der Waals surface area contributed by atoms with E-state index in [4.69, 9.17) is 16.3 Å². The highest BCUT2D eigenvalue weighted by Gasteiger charge is 2.28. The molecular weight excluding hydrogens is 362 g/mol. The zero-order valence-corrected chi connectivity index (χ0v) is 15.8. The minimum Gasteiger partial charge on any atom is -0.368 e. The molecule has 1 fully saturated rings. The van der Waals surface area contributed by atoms with Crippen LogP contribution < -0.4 is 31.7 Å². The van der Waals surface area contributed by atoms with Crippen molar-refractivity contribution < 1.29 is 19.2 Å². The van der Waals surface area contributed by atoms with Crippen LogP contribution in [0.3, 0.4) is 0 Å². The molecule has 0 saturated heterocycles. The van der Waals surface area contributed by atoms with Crippen molar-refractivity contribution in [3.63, 3.8) is 0 Å². The van der Waals surface area contributed by atoms with Gasteiger partial charge < -0.3 is 22.1 Å². The number of nitrogens with zero attached hydrogens (tertiary/aromatic N) is 3. The van der Waals surface area contributed by atoms with E-state index < -0.39 is 17.9 Å². The zero-order chi connectivity index (χ0) is 20.3. The molecule has 2 aromatic heterocycles. The molecule has 2 amide bonds. The number of hydrogen-bond donors (Lipinski definition) is 4. The van der Waals surface area contributed by atoms with Crippen LogP contribution in [0, 0.1) is 12.8 Å². The molecular formula is C18H24N7O3+. The second kappa shape index (κ2) is 8.07. The van der Waals surface area contributed by atoms with Crippen molar-refractivity contribution in [3.8, 4) is 0 Å². The molecule has 0 aliphatic heterocycles. The third-order valence-electron chi connectivity index (χ3n) is 4.39. The van der Waals surface area contributed by atoms with Crippen molar-refractivity contribution in [1.82, 2.24) is 9.97 Å². The number of pyridine rings is 1. The van der Waals surface area contributed by atoms with Crippen LogP contribution in [0.15, 0.2) is 24.7 Å². The van der Waals surface area contributed by atoms with Crippen molar-refractivity contribution in [1.29, 1.82) is 0 Å². The van der Waals surface area contributed by atoms with Gasteiger partial charge in [0.05, 0.1) is 6.20 Å². The quantitative estimate of drug-likeness (QED) is 0.444. The molecule has 6 N–H and O–H groups in total. The first-order valence-electron chi connectivity index (χ1n) is 8.93. The number of aryl methyl sites for hydroxylation is 1. The maximum atomic E-state index is 11.8. The molecule has 0 bridgehead atoms. The fourth-order valence-corrected chi connectivity index (χ4v) is 2.84. The number of nitrogens with one attached hydrogen (secondary N) is 2.